The highest BCUT2D eigenvalue weighted by atomic mass is 16.5. The van der Waals surface area contributed by atoms with Crippen LogP contribution in [0, 0.1) is 11.3 Å². The van der Waals surface area contributed by atoms with Gasteiger partial charge in [-0.25, -0.2) is 10.4 Å². The number of aryl methyl sites for hydroxylation is 2. The molecule has 5 N–H and O–H groups in total. The largest absolute Gasteiger partial charge is 0.480 e. The molecule has 0 saturated heterocycles. The molecular weight excluding hydrogens is 412 g/mol. The highest BCUT2D eigenvalue weighted by Crippen LogP contribution is 2.34. The van der Waals surface area contributed by atoms with Crippen molar-refractivity contribution in [2.75, 3.05) is 25.1 Å². The quantitative estimate of drug-likeness (QED) is 0.305. The molecule has 0 radical (unpaired) electrons. The highest BCUT2D eigenvalue weighted by molar-refractivity contribution is 5.82. The maximum atomic E-state index is 12.0. The molecular formula is C23H36N4O5. The topological polar surface area (TPSA) is 133 Å². The molecule has 32 heavy (non-hydrogen) atoms. The molecule has 1 unspecified atom stereocenters. The number of pyridine rings is 1. The van der Waals surface area contributed by atoms with Gasteiger partial charge in [-0.05, 0) is 76.3 Å². The van der Waals surface area contributed by atoms with Crippen LogP contribution in [0.4, 0.5) is 5.82 Å². The fourth-order valence-electron chi connectivity index (χ4n) is 3.91. The van der Waals surface area contributed by atoms with Gasteiger partial charge in [0.15, 0.2) is 0 Å². The van der Waals surface area contributed by atoms with Gasteiger partial charge in [-0.3, -0.25) is 15.0 Å². The fourth-order valence-corrected chi connectivity index (χ4v) is 3.91. The summed E-state index contributed by atoms with van der Waals surface area (Å²) in [6.45, 7) is 4.13. The number of carboxylic acids is 1. The molecule has 0 spiro atoms. The minimum atomic E-state index is -1.06. The van der Waals surface area contributed by atoms with Crippen molar-refractivity contribution in [1.82, 2.24) is 15.8 Å². The van der Waals surface area contributed by atoms with Crippen LogP contribution in [0.1, 0.15) is 57.2 Å². The lowest BCUT2D eigenvalue weighted by molar-refractivity contribution is -0.141. The van der Waals surface area contributed by atoms with Crippen molar-refractivity contribution in [2.45, 2.75) is 70.9 Å². The van der Waals surface area contributed by atoms with Gasteiger partial charge in [0.25, 0.3) is 0 Å². The SMILES string of the molecule is CC(C)(CO)C(=O)NNC(CCO[C@H]1C[C@H](CCc2ccc3c(n2)NCCC3)C1)C(=O)O. The number of carbonyl (C=O) groups is 2. The Morgan fingerprint density at radius 3 is 2.84 bits per heavy atom. The van der Waals surface area contributed by atoms with E-state index in [-0.39, 0.29) is 19.1 Å². The van der Waals surface area contributed by atoms with Crippen molar-refractivity contribution < 1.29 is 24.5 Å². The predicted molar refractivity (Wildman–Crippen MR) is 120 cm³/mol. The van der Waals surface area contributed by atoms with E-state index in [2.05, 4.69) is 28.3 Å². The van der Waals surface area contributed by atoms with Gasteiger partial charge in [0.05, 0.1) is 18.1 Å². The van der Waals surface area contributed by atoms with Gasteiger partial charge in [-0.1, -0.05) is 6.07 Å². The number of hydrogen-bond donors (Lipinski definition) is 5. The number of aliphatic hydroxyl groups is 1. The molecule has 0 bridgehead atoms. The summed E-state index contributed by atoms with van der Waals surface area (Å²) in [6, 6.07) is 3.38. The Bertz CT molecular complexity index is 795. The van der Waals surface area contributed by atoms with Gasteiger partial charge in [-0.15, -0.1) is 0 Å². The lowest BCUT2D eigenvalue weighted by Crippen LogP contribution is -2.53. The van der Waals surface area contributed by atoms with E-state index in [1.807, 2.05) is 0 Å². The van der Waals surface area contributed by atoms with E-state index in [0.29, 0.717) is 12.5 Å². The Morgan fingerprint density at radius 2 is 2.12 bits per heavy atom. The molecule has 9 heteroatoms. The molecule has 178 valence electrons. The Balaban J connectivity index is 1.31. The van der Waals surface area contributed by atoms with Crippen LogP contribution in [0.5, 0.6) is 0 Å². The second kappa shape index (κ2) is 11.1. The van der Waals surface area contributed by atoms with Crippen molar-refractivity contribution in [2.24, 2.45) is 11.3 Å². The molecule has 0 aromatic carbocycles. The molecule has 1 amide bonds. The van der Waals surface area contributed by atoms with Crippen molar-refractivity contribution in [3.63, 3.8) is 0 Å². The molecule has 2 aliphatic rings. The first-order chi connectivity index (χ1) is 15.3. The number of hydrogen-bond acceptors (Lipinski definition) is 7. The first-order valence-electron chi connectivity index (χ1n) is 11.5. The van der Waals surface area contributed by atoms with Crippen LogP contribution >= 0.6 is 0 Å². The molecule has 1 aromatic rings. The third-order valence-corrected chi connectivity index (χ3v) is 6.38. The van der Waals surface area contributed by atoms with Crippen LogP contribution in [0.2, 0.25) is 0 Å². The first kappa shape index (κ1) is 24.4. The summed E-state index contributed by atoms with van der Waals surface area (Å²) >= 11 is 0. The van der Waals surface area contributed by atoms with Gasteiger partial charge < -0.3 is 20.3 Å². The molecule has 1 aromatic heterocycles. The number of aliphatic hydroxyl groups excluding tert-OH is 1. The van der Waals surface area contributed by atoms with Gasteiger partial charge >= 0.3 is 5.97 Å². The summed E-state index contributed by atoms with van der Waals surface area (Å²) in [7, 11) is 0. The van der Waals surface area contributed by atoms with E-state index in [1.165, 1.54) is 5.56 Å². The molecule has 1 atom stereocenters. The summed E-state index contributed by atoms with van der Waals surface area (Å²) in [4.78, 5) is 28.1. The Kier molecular flexibility index (Phi) is 8.44. The summed E-state index contributed by atoms with van der Waals surface area (Å²) < 4.78 is 5.83. The summed E-state index contributed by atoms with van der Waals surface area (Å²) in [6.07, 6.45) is 6.67. The van der Waals surface area contributed by atoms with E-state index in [4.69, 9.17) is 9.72 Å². The average Bonchev–Trinajstić information content (AvgIpc) is 2.75. The smallest absolute Gasteiger partial charge is 0.322 e. The molecule has 2 heterocycles. The number of aliphatic carboxylic acids is 1. The zero-order valence-corrected chi connectivity index (χ0v) is 19.0. The summed E-state index contributed by atoms with van der Waals surface area (Å²) in [5, 5.41) is 21.9. The number of rotatable bonds is 12. The second-order valence-electron chi connectivity index (χ2n) is 9.53. The molecule has 1 aliphatic carbocycles. The van der Waals surface area contributed by atoms with E-state index < -0.39 is 23.3 Å². The number of carbonyl (C=O) groups excluding carboxylic acids is 1. The number of anilines is 1. The number of carboxylic acid groups (broad SMARTS) is 1. The van der Waals surface area contributed by atoms with E-state index in [1.54, 1.807) is 13.8 Å². The van der Waals surface area contributed by atoms with Gasteiger partial charge in [-0.2, -0.15) is 0 Å². The first-order valence-corrected chi connectivity index (χ1v) is 11.5. The molecule has 1 saturated carbocycles. The maximum Gasteiger partial charge on any atom is 0.322 e. The normalized spacial score (nSPS) is 21.1. The van der Waals surface area contributed by atoms with Crippen LogP contribution in [-0.2, 0) is 27.2 Å². The molecule has 3 rings (SSSR count). The van der Waals surface area contributed by atoms with Gasteiger partial charge in [0.2, 0.25) is 5.91 Å². The Morgan fingerprint density at radius 1 is 1.34 bits per heavy atom. The van der Waals surface area contributed by atoms with Gasteiger partial charge in [0.1, 0.15) is 11.9 Å². The number of amides is 1. The fraction of sp³-hybridized carbons (Fsp3) is 0.696. The number of ether oxygens (including phenoxy) is 1. The van der Waals surface area contributed by atoms with Crippen molar-refractivity contribution >= 4 is 17.7 Å². The molecule has 1 fully saturated rings. The van der Waals surface area contributed by atoms with Gasteiger partial charge in [0, 0.05) is 18.8 Å². The number of hydrazine groups is 1. The lowest BCUT2D eigenvalue weighted by atomic mass is 9.79. The van der Waals surface area contributed by atoms with Crippen molar-refractivity contribution in [1.29, 1.82) is 0 Å². The van der Waals surface area contributed by atoms with E-state index >= 15 is 0 Å². The standard InChI is InChI=1S/C23H36N4O5/c1-23(2,14-28)22(31)27-26-19(21(29)30)9-11-32-18-12-15(13-18)5-7-17-8-6-16-4-3-10-24-20(16)25-17/h6,8,15,18-19,26,28H,3-5,7,9-14H2,1-2H3,(H,24,25)(H,27,31)(H,29,30)/t15-,18-,19?. The zero-order chi connectivity index (χ0) is 23.1. The zero-order valence-electron chi connectivity index (χ0n) is 19.0. The van der Waals surface area contributed by atoms with Crippen LogP contribution in [0.25, 0.3) is 0 Å². The minimum Gasteiger partial charge on any atom is -0.480 e. The second-order valence-corrected chi connectivity index (χ2v) is 9.53. The Hall–Kier alpha value is -2.23. The third kappa shape index (κ3) is 6.63. The van der Waals surface area contributed by atoms with E-state index in [0.717, 1.165) is 56.6 Å². The molecule has 1 aliphatic heterocycles. The number of aromatic nitrogens is 1. The lowest BCUT2D eigenvalue weighted by Gasteiger charge is -2.35. The average molecular weight is 449 g/mol. The third-order valence-electron chi connectivity index (χ3n) is 6.38. The van der Waals surface area contributed by atoms with Crippen LogP contribution < -0.4 is 16.2 Å². The van der Waals surface area contributed by atoms with Crippen molar-refractivity contribution in [3.8, 4) is 0 Å². The van der Waals surface area contributed by atoms with E-state index in [9.17, 15) is 19.8 Å². The number of nitrogens with one attached hydrogen (secondary N) is 3. The number of fused-ring (bicyclic) bond motifs is 1. The summed E-state index contributed by atoms with van der Waals surface area (Å²) in [5.74, 6) is 0.132. The predicted octanol–water partition coefficient (Wildman–Crippen LogP) is 1.65. The maximum absolute atomic E-state index is 12.0. The monoisotopic (exact) mass is 448 g/mol. The van der Waals surface area contributed by atoms with Crippen molar-refractivity contribution in [3.05, 3.63) is 23.4 Å². The minimum absolute atomic E-state index is 0.163. The van der Waals surface area contributed by atoms with Crippen LogP contribution in [-0.4, -0.2) is 59.0 Å². The summed E-state index contributed by atoms with van der Waals surface area (Å²) in [5.41, 5.74) is 6.37. The van der Waals surface area contributed by atoms with Crippen LogP contribution in [0.3, 0.4) is 0 Å². The number of nitrogens with zero attached hydrogens (tertiary/aromatic N) is 1. The van der Waals surface area contributed by atoms with Crippen LogP contribution in [0.15, 0.2) is 12.1 Å². The molecule has 9 nitrogen and oxygen atoms in total. The Labute approximate surface area is 189 Å². The highest BCUT2D eigenvalue weighted by Gasteiger charge is 2.31.